The number of aryl methyl sites for hydroxylation is 1. The zero-order valence-corrected chi connectivity index (χ0v) is 15.0. The van der Waals surface area contributed by atoms with Crippen molar-refractivity contribution in [3.05, 3.63) is 65.7 Å². The van der Waals surface area contributed by atoms with Gasteiger partial charge in [0.1, 0.15) is 5.82 Å². The summed E-state index contributed by atoms with van der Waals surface area (Å²) in [7, 11) is 0. The first-order valence-corrected chi connectivity index (χ1v) is 9.14. The number of ether oxygens (including phenoxy) is 1. The highest BCUT2D eigenvalue weighted by Crippen LogP contribution is 2.36. The van der Waals surface area contributed by atoms with Crippen molar-refractivity contribution in [2.24, 2.45) is 5.41 Å². The van der Waals surface area contributed by atoms with E-state index in [1.54, 1.807) is 12.1 Å². The Morgan fingerprint density at radius 2 is 2.04 bits per heavy atom. The Morgan fingerprint density at radius 1 is 1.20 bits per heavy atom. The Kier molecular flexibility index (Phi) is 6.16. The van der Waals surface area contributed by atoms with Gasteiger partial charge in [-0.25, -0.2) is 4.39 Å². The maximum atomic E-state index is 13.1. The topological polar surface area (TPSA) is 25.4 Å². The molecule has 3 nitrogen and oxygen atoms in total. The molecule has 25 heavy (non-hydrogen) atoms. The van der Waals surface area contributed by atoms with Crippen LogP contribution in [0.3, 0.4) is 0 Å². The van der Waals surface area contributed by atoms with Crippen molar-refractivity contribution >= 4 is 0 Å². The fourth-order valence-corrected chi connectivity index (χ4v) is 3.66. The number of likely N-dealkylation sites (tertiary alicyclic amines) is 1. The van der Waals surface area contributed by atoms with Gasteiger partial charge in [-0.3, -0.25) is 9.88 Å². The van der Waals surface area contributed by atoms with Crippen LogP contribution in [0, 0.1) is 11.2 Å². The van der Waals surface area contributed by atoms with Gasteiger partial charge >= 0.3 is 0 Å². The molecule has 0 saturated carbocycles. The molecular weight excluding hydrogens is 315 g/mol. The molecule has 0 spiro atoms. The van der Waals surface area contributed by atoms with Gasteiger partial charge in [0.15, 0.2) is 0 Å². The van der Waals surface area contributed by atoms with Gasteiger partial charge in [0.25, 0.3) is 0 Å². The highest BCUT2D eigenvalue weighted by molar-refractivity contribution is 5.16. The Bertz CT molecular complexity index is 647. The molecule has 2 heterocycles. The molecule has 1 aliphatic rings. The summed E-state index contributed by atoms with van der Waals surface area (Å²) in [6.45, 7) is 6.60. The summed E-state index contributed by atoms with van der Waals surface area (Å²) in [5, 5.41) is 0. The number of benzene rings is 1. The van der Waals surface area contributed by atoms with Gasteiger partial charge in [-0.15, -0.1) is 0 Å². The van der Waals surface area contributed by atoms with Gasteiger partial charge in [0.05, 0.1) is 12.3 Å². The van der Waals surface area contributed by atoms with E-state index >= 15 is 0 Å². The smallest absolute Gasteiger partial charge is 0.123 e. The Hall–Kier alpha value is -1.78. The van der Waals surface area contributed by atoms with Crippen molar-refractivity contribution in [2.45, 2.75) is 32.7 Å². The van der Waals surface area contributed by atoms with Crippen LogP contribution in [0.25, 0.3) is 0 Å². The van der Waals surface area contributed by atoms with Crippen LogP contribution in [0.4, 0.5) is 4.39 Å². The standard InChI is InChI=1S/C21H27FN2O/c1-2-25-17-21(11-10-18-6-8-19(22)9-7-18)12-14-24(16-21)15-20-5-3-4-13-23-20/h3-9,13H,2,10-12,14-17H2,1H3. The van der Waals surface area contributed by atoms with Crippen LogP contribution in [0.2, 0.25) is 0 Å². The molecule has 4 heteroatoms. The molecule has 0 aliphatic carbocycles. The molecule has 1 saturated heterocycles. The van der Waals surface area contributed by atoms with Gasteiger partial charge in [0, 0.05) is 31.3 Å². The van der Waals surface area contributed by atoms with Gasteiger partial charge in [-0.2, -0.15) is 0 Å². The number of aromatic nitrogens is 1. The summed E-state index contributed by atoms with van der Waals surface area (Å²) >= 11 is 0. The minimum atomic E-state index is -0.171. The summed E-state index contributed by atoms with van der Waals surface area (Å²) in [6.07, 6.45) is 5.02. The minimum absolute atomic E-state index is 0.171. The SMILES string of the molecule is CCOCC1(CCc2ccc(F)cc2)CCN(Cc2ccccn2)C1. The van der Waals surface area contributed by atoms with Gasteiger partial charge in [-0.1, -0.05) is 18.2 Å². The second-order valence-corrected chi connectivity index (χ2v) is 7.05. The van der Waals surface area contributed by atoms with Crippen molar-refractivity contribution in [1.29, 1.82) is 0 Å². The minimum Gasteiger partial charge on any atom is -0.381 e. The molecule has 0 amide bonds. The molecule has 134 valence electrons. The normalized spacial score (nSPS) is 20.9. The quantitative estimate of drug-likeness (QED) is 0.723. The summed E-state index contributed by atoms with van der Waals surface area (Å²) in [5.74, 6) is -0.171. The Morgan fingerprint density at radius 3 is 2.76 bits per heavy atom. The Balaban J connectivity index is 1.61. The lowest BCUT2D eigenvalue weighted by molar-refractivity contribution is 0.0488. The van der Waals surface area contributed by atoms with E-state index in [1.807, 2.05) is 37.4 Å². The summed E-state index contributed by atoms with van der Waals surface area (Å²) in [5.41, 5.74) is 2.49. The first-order chi connectivity index (χ1) is 12.2. The zero-order chi connectivity index (χ0) is 17.5. The van der Waals surface area contributed by atoms with E-state index in [2.05, 4.69) is 16.0 Å². The number of nitrogens with zero attached hydrogens (tertiary/aromatic N) is 2. The van der Waals surface area contributed by atoms with Crippen LogP contribution in [0.15, 0.2) is 48.7 Å². The van der Waals surface area contributed by atoms with E-state index in [-0.39, 0.29) is 11.2 Å². The summed E-state index contributed by atoms with van der Waals surface area (Å²) < 4.78 is 18.9. The maximum absolute atomic E-state index is 13.1. The number of hydrogen-bond acceptors (Lipinski definition) is 3. The Labute approximate surface area is 149 Å². The number of pyridine rings is 1. The van der Waals surface area contributed by atoms with E-state index < -0.39 is 0 Å². The van der Waals surface area contributed by atoms with Crippen molar-refractivity contribution in [2.75, 3.05) is 26.3 Å². The van der Waals surface area contributed by atoms with Crippen LogP contribution >= 0.6 is 0 Å². The monoisotopic (exact) mass is 342 g/mol. The lowest BCUT2D eigenvalue weighted by atomic mass is 9.82. The highest BCUT2D eigenvalue weighted by Gasteiger charge is 2.38. The molecule has 0 N–H and O–H groups in total. The third kappa shape index (κ3) is 5.10. The molecule has 1 aliphatic heterocycles. The predicted molar refractivity (Wildman–Crippen MR) is 97.8 cm³/mol. The van der Waals surface area contributed by atoms with E-state index in [0.717, 1.165) is 57.8 Å². The fourth-order valence-electron chi connectivity index (χ4n) is 3.66. The van der Waals surface area contributed by atoms with Gasteiger partial charge in [0.2, 0.25) is 0 Å². The lowest BCUT2D eigenvalue weighted by Crippen LogP contribution is -2.32. The van der Waals surface area contributed by atoms with Crippen LogP contribution < -0.4 is 0 Å². The van der Waals surface area contributed by atoms with Crippen LogP contribution in [-0.2, 0) is 17.7 Å². The zero-order valence-electron chi connectivity index (χ0n) is 15.0. The van der Waals surface area contributed by atoms with Crippen molar-refractivity contribution in [3.8, 4) is 0 Å². The van der Waals surface area contributed by atoms with E-state index in [1.165, 1.54) is 5.56 Å². The van der Waals surface area contributed by atoms with E-state index in [9.17, 15) is 4.39 Å². The second kappa shape index (κ2) is 8.54. The first-order valence-electron chi connectivity index (χ1n) is 9.14. The fraction of sp³-hybridized carbons (Fsp3) is 0.476. The van der Waals surface area contributed by atoms with E-state index in [0.29, 0.717) is 0 Å². The molecule has 3 rings (SSSR count). The molecular formula is C21H27FN2O. The average Bonchev–Trinajstić information content (AvgIpc) is 3.04. The summed E-state index contributed by atoms with van der Waals surface area (Å²) in [4.78, 5) is 6.92. The number of hydrogen-bond donors (Lipinski definition) is 0. The van der Waals surface area contributed by atoms with Gasteiger partial charge < -0.3 is 4.74 Å². The van der Waals surface area contributed by atoms with Crippen LogP contribution in [-0.4, -0.2) is 36.2 Å². The number of rotatable bonds is 8. The largest absolute Gasteiger partial charge is 0.381 e. The van der Waals surface area contributed by atoms with E-state index in [4.69, 9.17) is 4.74 Å². The summed E-state index contributed by atoms with van der Waals surface area (Å²) in [6, 6.07) is 13.0. The lowest BCUT2D eigenvalue weighted by Gasteiger charge is -2.29. The highest BCUT2D eigenvalue weighted by atomic mass is 19.1. The molecule has 2 aromatic rings. The molecule has 0 bridgehead atoms. The van der Waals surface area contributed by atoms with Crippen molar-refractivity contribution in [3.63, 3.8) is 0 Å². The van der Waals surface area contributed by atoms with Crippen molar-refractivity contribution < 1.29 is 9.13 Å². The molecule has 0 radical (unpaired) electrons. The third-order valence-electron chi connectivity index (χ3n) is 5.10. The predicted octanol–water partition coefficient (Wildman–Crippen LogP) is 4.08. The van der Waals surface area contributed by atoms with Crippen LogP contribution in [0.1, 0.15) is 31.0 Å². The molecule has 1 atom stereocenters. The third-order valence-corrected chi connectivity index (χ3v) is 5.10. The molecule has 1 aromatic carbocycles. The van der Waals surface area contributed by atoms with Crippen LogP contribution in [0.5, 0.6) is 0 Å². The second-order valence-electron chi connectivity index (χ2n) is 7.05. The average molecular weight is 342 g/mol. The van der Waals surface area contributed by atoms with Gasteiger partial charge in [-0.05, 0) is 62.6 Å². The first kappa shape index (κ1) is 18.0. The molecule has 1 fully saturated rings. The number of halogens is 1. The molecule has 1 unspecified atom stereocenters. The molecule has 1 aromatic heterocycles. The maximum Gasteiger partial charge on any atom is 0.123 e. The van der Waals surface area contributed by atoms with Crippen molar-refractivity contribution in [1.82, 2.24) is 9.88 Å².